The summed E-state index contributed by atoms with van der Waals surface area (Å²) in [5.74, 6) is 1.79. The van der Waals surface area contributed by atoms with Crippen LogP contribution < -0.4 is 0 Å². The maximum absolute atomic E-state index is 12.8. The van der Waals surface area contributed by atoms with Crippen molar-refractivity contribution in [2.75, 3.05) is 0 Å². The Hall–Kier alpha value is -1.49. The highest BCUT2D eigenvalue weighted by molar-refractivity contribution is 5.96. The van der Waals surface area contributed by atoms with E-state index in [2.05, 4.69) is 13.8 Å². The highest BCUT2D eigenvalue weighted by Gasteiger charge is 2.76. The molecule has 29 heavy (non-hydrogen) atoms. The summed E-state index contributed by atoms with van der Waals surface area (Å²) in [6, 6.07) is 0. The largest absolute Gasteiger partial charge is 0.451 e. The van der Waals surface area contributed by atoms with Crippen molar-refractivity contribution in [1.82, 2.24) is 0 Å². The maximum Gasteiger partial charge on any atom is 0.303 e. The molecule has 1 heterocycles. The number of fused-ring (bicyclic) bond motifs is 10. The third kappa shape index (κ3) is 1.94. The molecule has 5 aliphatic carbocycles. The number of hydrogen-bond acceptors (Lipinski definition) is 5. The van der Waals surface area contributed by atoms with Gasteiger partial charge in [0.1, 0.15) is 6.10 Å². The van der Waals surface area contributed by atoms with Crippen LogP contribution in [-0.2, 0) is 23.9 Å². The number of carbonyl (C=O) groups is 3. The van der Waals surface area contributed by atoms with E-state index in [1.807, 2.05) is 6.08 Å². The van der Waals surface area contributed by atoms with Gasteiger partial charge in [0.15, 0.2) is 17.2 Å². The first kappa shape index (κ1) is 18.3. The minimum Gasteiger partial charge on any atom is -0.451 e. The number of rotatable bonds is 2. The Kier molecular flexibility index (Phi) is 3.29. The average Bonchev–Trinajstić information content (AvgIpc) is 3.54. The molecule has 5 nitrogen and oxygen atoms in total. The molecule has 4 saturated carbocycles. The van der Waals surface area contributed by atoms with E-state index in [0.29, 0.717) is 35.9 Å². The molecule has 0 radical (unpaired) electrons. The van der Waals surface area contributed by atoms with E-state index in [0.717, 1.165) is 25.7 Å². The molecule has 0 bridgehead atoms. The third-order valence-electron chi connectivity index (χ3n) is 10.2. The van der Waals surface area contributed by atoms with Crippen LogP contribution in [0.2, 0.25) is 0 Å². The molecule has 0 aromatic rings. The smallest absolute Gasteiger partial charge is 0.303 e. The first-order valence-electron chi connectivity index (χ1n) is 11.3. The fraction of sp³-hybridized carbons (Fsp3) is 0.792. The first-order valence-corrected chi connectivity index (χ1v) is 11.3. The van der Waals surface area contributed by atoms with Crippen molar-refractivity contribution in [2.45, 2.75) is 77.6 Å². The van der Waals surface area contributed by atoms with Crippen molar-refractivity contribution in [1.29, 1.82) is 0 Å². The average molecular weight is 398 g/mol. The number of ether oxygens (including phenoxy) is 2. The summed E-state index contributed by atoms with van der Waals surface area (Å²) in [4.78, 5) is 37.2. The highest BCUT2D eigenvalue weighted by atomic mass is 16.6. The van der Waals surface area contributed by atoms with Crippen LogP contribution in [0.15, 0.2) is 11.6 Å². The summed E-state index contributed by atoms with van der Waals surface area (Å²) in [5, 5.41) is 0. The van der Waals surface area contributed by atoms with Crippen molar-refractivity contribution in [3.63, 3.8) is 0 Å². The van der Waals surface area contributed by atoms with Gasteiger partial charge in [0.2, 0.25) is 0 Å². The molecular formula is C24H30O5. The molecular weight excluding hydrogens is 368 g/mol. The predicted octanol–water partition coefficient (Wildman–Crippen LogP) is 3.25. The third-order valence-corrected chi connectivity index (χ3v) is 10.2. The molecule has 6 aliphatic rings. The van der Waals surface area contributed by atoms with Crippen LogP contribution in [0.25, 0.3) is 0 Å². The standard InChI is InChI=1S/C24H30O5/c1-11(25)24(29-12(2)26)8-6-14-19-15(5-7-22(14,24)3)23(4)16-9-13(16)18(27)10-17(23)20-21(19)28-20/h10,13-16,19-21H,5-9H2,1-4H3/t13-,14-,15-,16+,19-,20+,21-,22-,23-,24-/m0/s1. The zero-order valence-electron chi connectivity index (χ0n) is 17.7. The Morgan fingerprint density at radius 2 is 1.83 bits per heavy atom. The van der Waals surface area contributed by atoms with Crippen LogP contribution in [0.4, 0.5) is 0 Å². The monoisotopic (exact) mass is 398 g/mol. The summed E-state index contributed by atoms with van der Waals surface area (Å²) < 4.78 is 12.1. The van der Waals surface area contributed by atoms with Crippen molar-refractivity contribution >= 4 is 17.5 Å². The van der Waals surface area contributed by atoms with Gasteiger partial charge >= 0.3 is 5.97 Å². The topological polar surface area (TPSA) is 73.0 Å². The van der Waals surface area contributed by atoms with E-state index < -0.39 is 5.60 Å². The number of esters is 1. The van der Waals surface area contributed by atoms with Crippen LogP contribution in [0.3, 0.4) is 0 Å². The molecule has 10 atom stereocenters. The number of Topliss-reactive ketones (excluding diaryl/α,β-unsaturated/α-hetero) is 1. The van der Waals surface area contributed by atoms with E-state index in [4.69, 9.17) is 9.47 Å². The highest BCUT2D eigenvalue weighted by Crippen LogP contribution is 2.75. The Morgan fingerprint density at radius 1 is 1.10 bits per heavy atom. The lowest BCUT2D eigenvalue weighted by Gasteiger charge is -2.58. The molecule has 5 heteroatoms. The lowest BCUT2D eigenvalue weighted by atomic mass is 9.46. The number of hydrogen-bond donors (Lipinski definition) is 0. The quantitative estimate of drug-likeness (QED) is 0.527. The molecule has 0 amide bonds. The SMILES string of the molecule is CC(=O)O[C@]1(C(C)=O)CC[C@H]2[C@@H]3[C@@H]4O[C@@H]4C4=CC(=O)[C@H]5C[C@H]5[C@]4(C)[C@H]3CC[C@@]21C. The van der Waals surface area contributed by atoms with Gasteiger partial charge in [-0.25, -0.2) is 0 Å². The van der Waals surface area contributed by atoms with Crippen molar-refractivity contribution < 1.29 is 23.9 Å². The van der Waals surface area contributed by atoms with Crippen LogP contribution in [0, 0.1) is 40.4 Å². The lowest BCUT2D eigenvalue weighted by Crippen LogP contribution is -2.60. The molecule has 6 rings (SSSR count). The van der Waals surface area contributed by atoms with Gasteiger partial charge in [-0.05, 0) is 79.8 Å². The predicted molar refractivity (Wildman–Crippen MR) is 104 cm³/mol. The fourth-order valence-corrected chi connectivity index (χ4v) is 8.76. The molecule has 0 unspecified atom stereocenters. The van der Waals surface area contributed by atoms with E-state index in [1.54, 1.807) is 6.92 Å². The number of ketones is 2. The molecule has 0 N–H and O–H groups in total. The molecule has 0 aromatic carbocycles. The summed E-state index contributed by atoms with van der Waals surface area (Å²) in [6.07, 6.45) is 6.59. The molecule has 1 saturated heterocycles. The normalized spacial score (nSPS) is 56.1. The van der Waals surface area contributed by atoms with E-state index in [-0.39, 0.29) is 40.7 Å². The van der Waals surface area contributed by atoms with Gasteiger partial charge in [0.05, 0.1) is 6.10 Å². The first-order chi connectivity index (χ1) is 13.6. The van der Waals surface area contributed by atoms with Gasteiger partial charge in [0.25, 0.3) is 0 Å². The van der Waals surface area contributed by atoms with Crippen molar-refractivity contribution in [3.05, 3.63) is 11.6 Å². The molecule has 0 spiro atoms. The Bertz CT molecular complexity index is 890. The lowest BCUT2D eigenvalue weighted by molar-refractivity contribution is -0.187. The fourth-order valence-electron chi connectivity index (χ4n) is 8.76. The van der Waals surface area contributed by atoms with E-state index in [1.165, 1.54) is 12.5 Å². The van der Waals surface area contributed by atoms with Crippen molar-refractivity contribution in [3.8, 4) is 0 Å². The maximum atomic E-state index is 12.8. The van der Waals surface area contributed by atoms with Gasteiger partial charge < -0.3 is 9.47 Å². The summed E-state index contributed by atoms with van der Waals surface area (Å²) >= 11 is 0. The second kappa shape index (κ2) is 5.22. The number of carbonyl (C=O) groups excluding carboxylic acids is 3. The van der Waals surface area contributed by atoms with Gasteiger partial charge in [-0.1, -0.05) is 13.8 Å². The van der Waals surface area contributed by atoms with Crippen molar-refractivity contribution in [2.24, 2.45) is 40.4 Å². The minimum atomic E-state index is -0.999. The van der Waals surface area contributed by atoms with Gasteiger partial charge in [-0.15, -0.1) is 0 Å². The molecule has 1 aliphatic heterocycles. The Morgan fingerprint density at radius 3 is 2.52 bits per heavy atom. The van der Waals surface area contributed by atoms with Gasteiger partial charge in [-0.3, -0.25) is 14.4 Å². The summed E-state index contributed by atoms with van der Waals surface area (Å²) in [5.41, 5.74) is -0.0364. The molecule has 5 fully saturated rings. The molecule has 0 aromatic heterocycles. The van der Waals surface area contributed by atoms with Crippen LogP contribution in [-0.4, -0.2) is 35.3 Å². The Labute approximate surface area is 171 Å². The zero-order valence-corrected chi connectivity index (χ0v) is 17.7. The van der Waals surface area contributed by atoms with Crippen LogP contribution in [0.1, 0.15) is 59.8 Å². The zero-order chi connectivity index (χ0) is 20.5. The van der Waals surface area contributed by atoms with E-state index >= 15 is 0 Å². The van der Waals surface area contributed by atoms with E-state index in [9.17, 15) is 14.4 Å². The summed E-state index contributed by atoms with van der Waals surface area (Å²) in [7, 11) is 0. The van der Waals surface area contributed by atoms with Crippen LogP contribution in [0.5, 0.6) is 0 Å². The Balaban J connectivity index is 1.42. The molecule has 156 valence electrons. The number of epoxide rings is 1. The summed E-state index contributed by atoms with van der Waals surface area (Å²) in [6.45, 7) is 7.57. The van der Waals surface area contributed by atoms with Crippen LogP contribution >= 0.6 is 0 Å². The van der Waals surface area contributed by atoms with Gasteiger partial charge in [0, 0.05) is 18.3 Å². The second-order valence-electron chi connectivity index (χ2n) is 11.0. The minimum absolute atomic E-state index is 0.0162. The van der Waals surface area contributed by atoms with Gasteiger partial charge in [-0.2, -0.15) is 0 Å². The second-order valence-corrected chi connectivity index (χ2v) is 11.0.